The van der Waals surface area contributed by atoms with Crippen LogP contribution < -0.4 is 5.32 Å². The van der Waals surface area contributed by atoms with E-state index in [1.54, 1.807) is 0 Å². The number of rotatable bonds is 1. The minimum Gasteiger partial charge on any atom is -0.313 e. The molecule has 0 aliphatic carbocycles. The summed E-state index contributed by atoms with van der Waals surface area (Å²) in [6.45, 7) is 2.14. The molecule has 1 N–H and O–H groups in total. The zero-order chi connectivity index (χ0) is 10.8. The number of hydrogen-bond donors (Lipinski definition) is 1. The van der Waals surface area contributed by atoms with Crippen molar-refractivity contribution in [3.8, 4) is 0 Å². The maximum absolute atomic E-state index is 6.05. The lowest BCUT2D eigenvalue weighted by Crippen LogP contribution is -2.20. The molecule has 1 unspecified atom stereocenters. The second-order valence-electron chi connectivity index (χ2n) is 4.21. The molecular formula is C12H17ClN2. The van der Waals surface area contributed by atoms with E-state index in [0.717, 1.165) is 24.5 Å². The first-order valence-electron chi connectivity index (χ1n) is 5.35. The van der Waals surface area contributed by atoms with Crippen LogP contribution in [0.15, 0.2) is 18.2 Å². The van der Waals surface area contributed by atoms with Crippen LogP contribution in [0.3, 0.4) is 0 Å². The Morgan fingerprint density at radius 1 is 1.47 bits per heavy atom. The standard InChI is InChI=1S/C12H17ClN2/c1-14-12-5-6-15(2)8-9-3-4-10(13)7-11(9)12/h3-4,7,12,14H,5-6,8H2,1-2H3. The summed E-state index contributed by atoms with van der Waals surface area (Å²) in [5.74, 6) is 0. The molecule has 82 valence electrons. The number of fused-ring (bicyclic) bond motifs is 1. The van der Waals surface area contributed by atoms with Gasteiger partial charge >= 0.3 is 0 Å². The van der Waals surface area contributed by atoms with Gasteiger partial charge in [0.05, 0.1) is 0 Å². The van der Waals surface area contributed by atoms with Crippen molar-refractivity contribution in [1.82, 2.24) is 10.2 Å². The summed E-state index contributed by atoms with van der Waals surface area (Å²) in [6.07, 6.45) is 1.14. The average Bonchev–Trinajstić information content (AvgIpc) is 2.37. The summed E-state index contributed by atoms with van der Waals surface area (Å²) in [6, 6.07) is 6.65. The number of hydrogen-bond acceptors (Lipinski definition) is 2. The van der Waals surface area contributed by atoms with E-state index in [4.69, 9.17) is 11.6 Å². The number of benzene rings is 1. The summed E-state index contributed by atoms with van der Waals surface area (Å²) in [7, 11) is 4.18. The summed E-state index contributed by atoms with van der Waals surface area (Å²) in [5.41, 5.74) is 2.74. The van der Waals surface area contributed by atoms with Crippen LogP contribution in [-0.4, -0.2) is 25.5 Å². The van der Waals surface area contributed by atoms with Gasteiger partial charge in [0.15, 0.2) is 0 Å². The lowest BCUT2D eigenvalue weighted by Gasteiger charge is -2.16. The fourth-order valence-electron chi connectivity index (χ4n) is 2.21. The summed E-state index contributed by atoms with van der Waals surface area (Å²) in [4.78, 5) is 2.35. The molecule has 0 saturated heterocycles. The molecule has 0 aromatic heterocycles. The van der Waals surface area contributed by atoms with Gasteiger partial charge in [0.25, 0.3) is 0 Å². The zero-order valence-corrected chi connectivity index (χ0v) is 10.0. The second kappa shape index (κ2) is 4.52. The Hall–Kier alpha value is -0.570. The third-order valence-corrected chi connectivity index (χ3v) is 3.31. The van der Waals surface area contributed by atoms with E-state index >= 15 is 0 Å². The van der Waals surface area contributed by atoms with Gasteiger partial charge < -0.3 is 10.2 Å². The topological polar surface area (TPSA) is 15.3 Å². The van der Waals surface area contributed by atoms with Crippen LogP contribution in [0, 0.1) is 0 Å². The van der Waals surface area contributed by atoms with Crippen LogP contribution in [0.5, 0.6) is 0 Å². The fraction of sp³-hybridized carbons (Fsp3) is 0.500. The van der Waals surface area contributed by atoms with Gasteiger partial charge in [-0.3, -0.25) is 0 Å². The van der Waals surface area contributed by atoms with Gasteiger partial charge in [-0.1, -0.05) is 17.7 Å². The van der Waals surface area contributed by atoms with Crippen molar-refractivity contribution in [1.29, 1.82) is 0 Å². The molecule has 15 heavy (non-hydrogen) atoms. The summed E-state index contributed by atoms with van der Waals surface area (Å²) in [5, 5.41) is 4.19. The molecule has 0 bridgehead atoms. The Morgan fingerprint density at radius 2 is 2.27 bits per heavy atom. The van der Waals surface area contributed by atoms with E-state index in [1.165, 1.54) is 11.1 Å². The predicted octanol–water partition coefficient (Wildman–Crippen LogP) is 2.44. The molecule has 1 aromatic rings. The van der Waals surface area contributed by atoms with Crippen molar-refractivity contribution in [3.63, 3.8) is 0 Å². The van der Waals surface area contributed by atoms with Gasteiger partial charge in [-0.05, 0) is 50.3 Å². The van der Waals surface area contributed by atoms with Crippen LogP contribution >= 0.6 is 11.6 Å². The maximum Gasteiger partial charge on any atom is 0.0409 e. The molecule has 1 aliphatic rings. The Kier molecular flexibility index (Phi) is 3.29. The predicted molar refractivity (Wildman–Crippen MR) is 64.2 cm³/mol. The number of halogens is 1. The van der Waals surface area contributed by atoms with Crippen LogP contribution in [0.2, 0.25) is 5.02 Å². The molecule has 0 spiro atoms. The molecule has 1 heterocycles. The highest BCUT2D eigenvalue weighted by molar-refractivity contribution is 6.30. The van der Waals surface area contributed by atoms with Crippen LogP contribution in [-0.2, 0) is 6.54 Å². The first kappa shape index (κ1) is 10.9. The quantitative estimate of drug-likeness (QED) is 0.789. The molecule has 1 aromatic carbocycles. The molecule has 0 amide bonds. The number of nitrogens with zero attached hydrogens (tertiary/aromatic N) is 1. The minimum atomic E-state index is 0.434. The highest BCUT2D eigenvalue weighted by atomic mass is 35.5. The number of nitrogens with one attached hydrogen (secondary N) is 1. The van der Waals surface area contributed by atoms with Gasteiger partial charge in [-0.2, -0.15) is 0 Å². The SMILES string of the molecule is CNC1CCN(C)Cc2ccc(Cl)cc21. The molecule has 2 nitrogen and oxygen atoms in total. The monoisotopic (exact) mass is 224 g/mol. The molecular weight excluding hydrogens is 208 g/mol. The molecule has 1 atom stereocenters. The van der Waals surface area contributed by atoms with E-state index in [9.17, 15) is 0 Å². The molecule has 1 aliphatic heterocycles. The van der Waals surface area contributed by atoms with Crippen molar-refractivity contribution in [2.75, 3.05) is 20.6 Å². The highest BCUT2D eigenvalue weighted by Crippen LogP contribution is 2.28. The Labute approximate surface area is 96.2 Å². The average molecular weight is 225 g/mol. The van der Waals surface area contributed by atoms with E-state index < -0.39 is 0 Å². The fourth-order valence-corrected chi connectivity index (χ4v) is 2.39. The van der Waals surface area contributed by atoms with E-state index in [1.807, 2.05) is 13.1 Å². The maximum atomic E-state index is 6.05. The van der Waals surface area contributed by atoms with E-state index in [-0.39, 0.29) is 0 Å². The van der Waals surface area contributed by atoms with Gasteiger partial charge in [0.2, 0.25) is 0 Å². The summed E-state index contributed by atoms with van der Waals surface area (Å²) >= 11 is 6.05. The van der Waals surface area contributed by atoms with Gasteiger partial charge in [-0.25, -0.2) is 0 Å². The van der Waals surface area contributed by atoms with Gasteiger partial charge in [-0.15, -0.1) is 0 Å². The van der Waals surface area contributed by atoms with Crippen molar-refractivity contribution >= 4 is 11.6 Å². The Morgan fingerprint density at radius 3 is 3.00 bits per heavy atom. The minimum absolute atomic E-state index is 0.434. The zero-order valence-electron chi connectivity index (χ0n) is 9.26. The van der Waals surface area contributed by atoms with Crippen LogP contribution in [0.25, 0.3) is 0 Å². The van der Waals surface area contributed by atoms with Gasteiger partial charge in [0.1, 0.15) is 0 Å². The van der Waals surface area contributed by atoms with Crippen molar-refractivity contribution < 1.29 is 0 Å². The third-order valence-electron chi connectivity index (χ3n) is 3.07. The lowest BCUT2D eigenvalue weighted by molar-refractivity contribution is 0.320. The van der Waals surface area contributed by atoms with Crippen molar-refractivity contribution in [3.05, 3.63) is 34.3 Å². The normalized spacial score (nSPS) is 22.2. The molecule has 2 rings (SSSR count). The summed E-state index contributed by atoms with van der Waals surface area (Å²) < 4.78 is 0. The van der Waals surface area contributed by atoms with E-state index in [0.29, 0.717) is 6.04 Å². The highest BCUT2D eigenvalue weighted by Gasteiger charge is 2.19. The lowest BCUT2D eigenvalue weighted by atomic mass is 9.99. The Balaban J connectivity index is 2.41. The molecule has 3 heteroatoms. The van der Waals surface area contributed by atoms with Crippen molar-refractivity contribution in [2.24, 2.45) is 0 Å². The third kappa shape index (κ3) is 2.33. The largest absolute Gasteiger partial charge is 0.313 e. The van der Waals surface area contributed by atoms with Gasteiger partial charge in [0, 0.05) is 17.6 Å². The Bertz CT molecular complexity index is 351. The molecule has 0 saturated carbocycles. The first-order valence-corrected chi connectivity index (χ1v) is 5.72. The van der Waals surface area contributed by atoms with Crippen LogP contribution in [0.1, 0.15) is 23.6 Å². The molecule has 0 radical (unpaired) electrons. The van der Waals surface area contributed by atoms with Crippen molar-refractivity contribution in [2.45, 2.75) is 19.0 Å². The van der Waals surface area contributed by atoms with Crippen LogP contribution in [0.4, 0.5) is 0 Å². The van der Waals surface area contributed by atoms with E-state index in [2.05, 4.69) is 29.4 Å². The second-order valence-corrected chi connectivity index (χ2v) is 4.65. The first-order chi connectivity index (χ1) is 7.20. The smallest absolute Gasteiger partial charge is 0.0409 e. The molecule has 0 fully saturated rings.